The number of hydrogen-bond donors (Lipinski definition) is 0. The molecule has 4 aliphatic rings. The molecule has 4 saturated carbocycles. The number of ether oxygens (including phenoxy) is 2. The molecule has 0 saturated heterocycles. The van der Waals surface area contributed by atoms with Gasteiger partial charge in [-0.1, -0.05) is 12.8 Å². The van der Waals surface area contributed by atoms with E-state index >= 15 is 0 Å². The van der Waals surface area contributed by atoms with Gasteiger partial charge >= 0.3 is 0 Å². The number of carbonyl (C=O) groups is 2. The van der Waals surface area contributed by atoms with Gasteiger partial charge in [-0.3, -0.25) is 0 Å². The van der Waals surface area contributed by atoms with E-state index in [9.17, 15) is 9.59 Å². The standard InChI is InChI=1S/C26H42O4S/c27-17-19-3-1-5-23(15-19)29-21-7-11-25(12-8-21)31-26-13-9-22(10-14-26)30-24-6-2-4-20(16-24)18-28/h17-26H,1-16H2. The second-order valence-corrected chi connectivity index (χ2v) is 12.2. The zero-order valence-electron chi connectivity index (χ0n) is 19.1. The van der Waals surface area contributed by atoms with Crippen LogP contribution in [-0.2, 0) is 19.1 Å². The van der Waals surface area contributed by atoms with E-state index in [2.05, 4.69) is 11.8 Å². The normalized spacial score (nSPS) is 42.1. The van der Waals surface area contributed by atoms with Gasteiger partial charge < -0.3 is 19.1 Å². The van der Waals surface area contributed by atoms with Gasteiger partial charge in [0.2, 0.25) is 0 Å². The van der Waals surface area contributed by atoms with Crippen molar-refractivity contribution < 1.29 is 19.1 Å². The molecule has 4 atom stereocenters. The molecule has 0 spiro atoms. The van der Waals surface area contributed by atoms with Gasteiger partial charge in [0.1, 0.15) is 12.6 Å². The summed E-state index contributed by atoms with van der Waals surface area (Å²) >= 11 is 2.24. The van der Waals surface area contributed by atoms with Crippen LogP contribution in [0.4, 0.5) is 0 Å². The summed E-state index contributed by atoms with van der Waals surface area (Å²) in [5, 5.41) is 1.59. The third-order valence-electron chi connectivity index (χ3n) is 8.12. The Balaban J connectivity index is 1.10. The molecule has 4 aliphatic carbocycles. The molecule has 0 radical (unpaired) electrons. The summed E-state index contributed by atoms with van der Waals surface area (Å²) < 4.78 is 12.8. The van der Waals surface area contributed by atoms with Crippen LogP contribution in [0.15, 0.2) is 0 Å². The summed E-state index contributed by atoms with van der Waals surface area (Å²) in [7, 11) is 0. The summed E-state index contributed by atoms with van der Waals surface area (Å²) in [6.45, 7) is 0. The first-order chi connectivity index (χ1) is 15.2. The van der Waals surface area contributed by atoms with Gasteiger partial charge in [-0.2, -0.15) is 11.8 Å². The van der Waals surface area contributed by atoms with Crippen LogP contribution in [0, 0.1) is 11.8 Å². The predicted molar refractivity (Wildman–Crippen MR) is 125 cm³/mol. The summed E-state index contributed by atoms with van der Waals surface area (Å²) in [4.78, 5) is 22.2. The van der Waals surface area contributed by atoms with Crippen molar-refractivity contribution in [3.05, 3.63) is 0 Å². The van der Waals surface area contributed by atoms with Gasteiger partial charge in [0.15, 0.2) is 0 Å². The van der Waals surface area contributed by atoms with Crippen LogP contribution in [0.3, 0.4) is 0 Å². The first-order valence-electron chi connectivity index (χ1n) is 13.1. The van der Waals surface area contributed by atoms with Gasteiger partial charge in [0.25, 0.3) is 0 Å². The Kier molecular flexibility index (Phi) is 9.33. The fourth-order valence-electron chi connectivity index (χ4n) is 6.28. The summed E-state index contributed by atoms with van der Waals surface area (Å²) in [5.74, 6) is 0.462. The lowest BCUT2D eigenvalue weighted by atomic mass is 9.87. The highest BCUT2D eigenvalue weighted by Gasteiger charge is 2.31. The molecule has 0 bridgehead atoms. The van der Waals surface area contributed by atoms with Crippen molar-refractivity contribution in [2.45, 2.75) is 138 Å². The molecule has 0 heterocycles. The van der Waals surface area contributed by atoms with Crippen LogP contribution in [-0.4, -0.2) is 47.5 Å². The van der Waals surface area contributed by atoms with Crippen LogP contribution < -0.4 is 0 Å². The largest absolute Gasteiger partial charge is 0.375 e. The summed E-state index contributed by atoms with van der Waals surface area (Å²) in [6.07, 6.45) is 22.2. The van der Waals surface area contributed by atoms with E-state index in [-0.39, 0.29) is 11.8 Å². The van der Waals surface area contributed by atoms with Crippen molar-refractivity contribution in [2.75, 3.05) is 0 Å². The van der Waals surface area contributed by atoms with Gasteiger partial charge in [-0.15, -0.1) is 0 Å². The average molecular weight is 451 g/mol. The van der Waals surface area contributed by atoms with Crippen LogP contribution in [0.25, 0.3) is 0 Å². The van der Waals surface area contributed by atoms with Gasteiger partial charge in [-0.25, -0.2) is 0 Å². The molecular weight excluding hydrogens is 408 g/mol. The molecule has 0 aromatic rings. The molecule has 0 aromatic carbocycles. The Morgan fingerprint density at radius 1 is 0.516 bits per heavy atom. The molecule has 5 heteroatoms. The van der Waals surface area contributed by atoms with Crippen molar-refractivity contribution in [1.29, 1.82) is 0 Å². The minimum absolute atomic E-state index is 0.231. The lowest BCUT2D eigenvalue weighted by molar-refractivity contribution is -0.116. The Labute approximate surface area is 193 Å². The topological polar surface area (TPSA) is 52.6 Å². The molecule has 4 nitrogen and oxygen atoms in total. The SMILES string of the molecule is O=CC1CCCC(OC2CCC(SC3CCC(OC4CCCC(C=O)C4)CC3)CC2)C1. The van der Waals surface area contributed by atoms with Crippen molar-refractivity contribution in [3.63, 3.8) is 0 Å². The van der Waals surface area contributed by atoms with Crippen molar-refractivity contribution >= 4 is 24.3 Å². The molecule has 0 aliphatic heterocycles. The van der Waals surface area contributed by atoms with Crippen LogP contribution in [0.2, 0.25) is 0 Å². The van der Waals surface area contributed by atoms with Gasteiger partial charge in [0, 0.05) is 22.3 Å². The molecule has 4 fully saturated rings. The molecule has 4 rings (SSSR count). The Bertz CT molecular complexity index is 506. The van der Waals surface area contributed by atoms with E-state index in [1.165, 1.54) is 51.4 Å². The highest BCUT2D eigenvalue weighted by molar-refractivity contribution is 8.00. The smallest absolute Gasteiger partial charge is 0.123 e. The van der Waals surface area contributed by atoms with Crippen LogP contribution in [0.1, 0.15) is 103 Å². The maximum atomic E-state index is 11.1. The third-order valence-corrected chi connectivity index (χ3v) is 9.83. The number of thioether (sulfide) groups is 1. The quantitative estimate of drug-likeness (QED) is 0.432. The van der Waals surface area contributed by atoms with Gasteiger partial charge in [-0.05, 0) is 89.9 Å². The number of aldehydes is 2. The van der Waals surface area contributed by atoms with Crippen molar-refractivity contribution in [1.82, 2.24) is 0 Å². The summed E-state index contributed by atoms with van der Waals surface area (Å²) in [5.41, 5.74) is 0. The highest BCUT2D eigenvalue weighted by Crippen LogP contribution is 2.40. The first kappa shape index (κ1) is 23.8. The van der Waals surface area contributed by atoms with E-state index in [0.717, 1.165) is 74.4 Å². The minimum Gasteiger partial charge on any atom is -0.375 e. The maximum absolute atomic E-state index is 11.1. The molecule has 0 N–H and O–H groups in total. The minimum atomic E-state index is 0.231. The average Bonchev–Trinajstić information content (AvgIpc) is 2.82. The molecule has 4 unspecified atom stereocenters. The number of carbonyl (C=O) groups excluding carboxylic acids is 2. The van der Waals surface area contributed by atoms with Crippen molar-refractivity contribution in [2.24, 2.45) is 11.8 Å². The Hall–Kier alpha value is -0.390. The van der Waals surface area contributed by atoms with Crippen LogP contribution in [0.5, 0.6) is 0 Å². The Morgan fingerprint density at radius 3 is 1.32 bits per heavy atom. The molecule has 0 amide bonds. The third kappa shape index (κ3) is 7.30. The molecule has 0 aromatic heterocycles. The Morgan fingerprint density at radius 2 is 0.935 bits per heavy atom. The zero-order chi connectivity index (χ0) is 21.5. The van der Waals surface area contributed by atoms with Crippen molar-refractivity contribution in [3.8, 4) is 0 Å². The monoisotopic (exact) mass is 450 g/mol. The lowest BCUT2D eigenvalue weighted by Gasteiger charge is -2.37. The van der Waals surface area contributed by atoms with E-state index in [4.69, 9.17) is 9.47 Å². The predicted octanol–water partition coefficient (Wildman–Crippen LogP) is 5.89. The first-order valence-corrected chi connectivity index (χ1v) is 14.0. The second-order valence-electron chi connectivity index (χ2n) is 10.6. The number of hydrogen-bond acceptors (Lipinski definition) is 5. The summed E-state index contributed by atoms with van der Waals surface area (Å²) in [6, 6.07) is 0. The fraction of sp³-hybridized carbons (Fsp3) is 0.923. The van der Waals surface area contributed by atoms with E-state index in [0.29, 0.717) is 24.4 Å². The van der Waals surface area contributed by atoms with Crippen LogP contribution >= 0.6 is 11.8 Å². The molecule has 176 valence electrons. The molecule has 31 heavy (non-hydrogen) atoms. The van der Waals surface area contributed by atoms with E-state index in [1.807, 2.05) is 0 Å². The number of rotatable bonds is 8. The van der Waals surface area contributed by atoms with E-state index in [1.54, 1.807) is 0 Å². The maximum Gasteiger partial charge on any atom is 0.123 e. The van der Waals surface area contributed by atoms with E-state index < -0.39 is 0 Å². The van der Waals surface area contributed by atoms with Gasteiger partial charge in [0.05, 0.1) is 24.4 Å². The fourth-order valence-corrected chi connectivity index (χ4v) is 7.91. The zero-order valence-corrected chi connectivity index (χ0v) is 19.9. The second kappa shape index (κ2) is 12.2. The molecular formula is C26H42O4S. The highest BCUT2D eigenvalue weighted by atomic mass is 32.2. The lowest BCUT2D eigenvalue weighted by Crippen LogP contribution is -2.33.